The van der Waals surface area contributed by atoms with Crippen LogP contribution in [0.2, 0.25) is 5.02 Å². The van der Waals surface area contributed by atoms with Crippen molar-refractivity contribution in [1.82, 2.24) is 9.78 Å². The van der Waals surface area contributed by atoms with Gasteiger partial charge in [-0.05, 0) is 55.7 Å². The zero-order valence-electron chi connectivity index (χ0n) is 15.5. The SMILES string of the molecule is CC(C)[C@H]1CC[C@H](n2cc(NC(=O)c3cccc(Cl)c3)c(C(F)F)n2)CC1. The smallest absolute Gasteiger partial charge is 0.284 e. The van der Waals surface area contributed by atoms with E-state index in [2.05, 4.69) is 24.3 Å². The first-order chi connectivity index (χ1) is 12.8. The lowest BCUT2D eigenvalue weighted by atomic mass is 9.80. The van der Waals surface area contributed by atoms with Crippen LogP contribution in [0.3, 0.4) is 0 Å². The molecule has 0 radical (unpaired) electrons. The van der Waals surface area contributed by atoms with Gasteiger partial charge in [0.2, 0.25) is 0 Å². The van der Waals surface area contributed by atoms with Crippen molar-refractivity contribution in [2.24, 2.45) is 11.8 Å². The van der Waals surface area contributed by atoms with Crippen LogP contribution in [-0.2, 0) is 0 Å². The van der Waals surface area contributed by atoms with Crippen molar-refractivity contribution in [1.29, 1.82) is 0 Å². The highest BCUT2D eigenvalue weighted by molar-refractivity contribution is 6.31. The van der Waals surface area contributed by atoms with Gasteiger partial charge in [-0.25, -0.2) is 8.78 Å². The normalized spacial score (nSPS) is 20.3. The summed E-state index contributed by atoms with van der Waals surface area (Å²) >= 11 is 5.90. The van der Waals surface area contributed by atoms with Gasteiger partial charge in [0, 0.05) is 16.8 Å². The molecule has 1 aliphatic rings. The molecule has 1 aromatic carbocycles. The van der Waals surface area contributed by atoms with Gasteiger partial charge in [0.15, 0.2) is 5.69 Å². The van der Waals surface area contributed by atoms with Gasteiger partial charge in [-0.1, -0.05) is 31.5 Å². The quantitative estimate of drug-likeness (QED) is 0.663. The van der Waals surface area contributed by atoms with Crippen molar-refractivity contribution in [2.75, 3.05) is 5.32 Å². The molecule has 0 spiro atoms. The van der Waals surface area contributed by atoms with Gasteiger partial charge < -0.3 is 5.32 Å². The maximum atomic E-state index is 13.4. The van der Waals surface area contributed by atoms with E-state index >= 15 is 0 Å². The van der Waals surface area contributed by atoms with Gasteiger partial charge in [0.25, 0.3) is 12.3 Å². The highest BCUT2D eigenvalue weighted by Gasteiger charge is 2.27. The summed E-state index contributed by atoms with van der Waals surface area (Å²) in [4.78, 5) is 12.4. The average molecular weight is 396 g/mol. The van der Waals surface area contributed by atoms with E-state index in [9.17, 15) is 13.6 Å². The number of carbonyl (C=O) groups excluding carboxylic acids is 1. The number of aromatic nitrogens is 2. The molecule has 0 unspecified atom stereocenters. The van der Waals surface area contributed by atoms with Crippen LogP contribution < -0.4 is 5.32 Å². The fourth-order valence-corrected chi connectivity index (χ4v) is 3.90. The van der Waals surface area contributed by atoms with Gasteiger partial charge >= 0.3 is 0 Å². The summed E-state index contributed by atoms with van der Waals surface area (Å²) in [5.41, 5.74) is -0.0229. The van der Waals surface area contributed by atoms with Crippen LogP contribution in [0.5, 0.6) is 0 Å². The molecule has 7 heteroatoms. The molecule has 146 valence electrons. The van der Waals surface area contributed by atoms with E-state index in [0.717, 1.165) is 25.7 Å². The Morgan fingerprint density at radius 3 is 2.56 bits per heavy atom. The molecule has 2 aromatic rings. The predicted octanol–water partition coefficient (Wildman–Crippen LogP) is 6.11. The maximum absolute atomic E-state index is 13.4. The fourth-order valence-electron chi connectivity index (χ4n) is 3.71. The third kappa shape index (κ3) is 4.67. The van der Waals surface area contributed by atoms with Crippen LogP contribution >= 0.6 is 11.6 Å². The van der Waals surface area contributed by atoms with Crippen molar-refractivity contribution in [3.8, 4) is 0 Å². The Bertz CT molecular complexity index is 798. The summed E-state index contributed by atoms with van der Waals surface area (Å²) in [6.45, 7) is 4.44. The number of nitrogens with one attached hydrogen (secondary N) is 1. The minimum Gasteiger partial charge on any atom is -0.319 e. The van der Waals surface area contributed by atoms with Crippen LogP contribution in [0.4, 0.5) is 14.5 Å². The Balaban J connectivity index is 1.77. The zero-order chi connectivity index (χ0) is 19.6. The predicted molar refractivity (Wildman–Crippen MR) is 102 cm³/mol. The van der Waals surface area contributed by atoms with E-state index < -0.39 is 18.0 Å². The zero-order valence-corrected chi connectivity index (χ0v) is 16.2. The Hall–Kier alpha value is -1.95. The average Bonchev–Trinajstić information content (AvgIpc) is 3.06. The number of benzene rings is 1. The molecule has 0 aliphatic heterocycles. The minimum atomic E-state index is -2.76. The number of hydrogen-bond donors (Lipinski definition) is 1. The second-order valence-electron chi connectivity index (χ2n) is 7.49. The Morgan fingerprint density at radius 1 is 1.26 bits per heavy atom. The van der Waals surface area contributed by atoms with Gasteiger partial charge in [-0.15, -0.1) is 0 Å². The molecule has 4 nitrogen and oxygen atoms in total. The Morgan fingerprint density at radius 2 is 1.96 bits per heavy atom. The summed E-state index contributed by atoms with van der Waals surface area (Å²) in [6, 6.07) is 6.46. The second-order valence-corrected chi connectivity index (χ2v) is 7.92. The second kappa shape index (κ2) is 8.38. The molecule has 1 heterocycles. The van der Waals surface area contributed by atoms with Gasteiger partial charge in [0.05, 0.1) is 11.7 Å². The third-order valence-electron chi connectivity index (χ3n) is 5.36. The lowest BCUT2D eigenvalue weighted by Gasteiger charge is -2.30. The van der Waals surface area contributed by atoms with Crippen molar-refractivity contribution >= 4 is 23.2 Å². The molecule has 0 bridgehead atoms. The van der Waals surface area contributed by atoms with Gasteiger partial charge in [-0.3, -0.25) is 9.48 Å². The lowest BCUT2D eigenvalue weighted by Crippen LogP contribution is -2.21. The highest BCUT2D eigenvalue weighted by atomic mass is 35.5. The molecule has 0 atom stereocenters. The van der Waals surface area contributed by atoms with Crippen LogP contribution in [-0.4, -0.2) is 15.7 Å². The molecule has 0 saturated heterocycles. The van der Waals surface area contributed by atoms with Crippen LogP contribution in [0, 0.1) is 11.8 Å². The summed E-state index contributed by atoms with van der Waals surface area (Å²) in [6.07, 6.45) is 2.73. The number of hydrogen-bond acceptors (Lipinski definition) is 2. The Kier molecular flexibility index (Phi) is 6.15. The minimum absolute atomic E-state index is 0.0564. The molecular weight excluding hydrogens is 372 g/mol. The molecule has 1 aliphatic carbocycles. The molecular formula is C20H24ClF2N3O. The molecule has 27 heavy (non-hydrogen) atoms. The Labute approximate surface area is 162 Å². The molecule has 3 rings (SSSR count). The van der Waals surface area contributed by atoms with Gasteiger partial charge in [-0.2, -0.15) is 5.10 Å². The van der Waals surface area contributed by atoms with E-state index in [0.29, 0.717) is 22.4 Å². The molecule has 1 amide bonds. The van der Waals surface area contributed by atoms with Gasteiger partial charge in [0.1, 0.15) is 0 Å². The number of anilines is 1. The van der Waals surface area contributed by atoms with Crippen LogP contribution in [0.25, 0.3) is 0 Å². The summed E-state index contributed by atoms with van der Waals surface area (Å²) in [5, 5.41) is 7.07. The van der Waals surface area contributed by atoms with Crippen molar-refractivity contribution in [2.45, 2.75) is 52.0 Å². The number of halogens is 3. The first kappa shape index (κ1) is 19.8. The highest BCUT2D eigenvalue weighted by Crippen LogP contribution is 2.37. The molecule has 1 saturated carbocycles. The largest absolute Gasteiger partial charge is 0.319 e. The lowest BCUT2D eigenvalue weighted by molar-refractivity contribution is 0.102. The number of alkyl halides is 2. The third-order valence-corrected chi connectivity index (χ3v) is 5.60. The number of amides is 1. The van der Waals surface area contributed by atoms with E-state index in [1.54, 1.807) is 22.9 Å². The van der Waals surface area contributed by atoms with Crippen molar-refractivity contribution in [3.05, 3.63) is 46.7 Å². The van der Waals surface area contributed by atoms with E-state index in [1.807, 2.05) is 0 Å². The molecule has 1 fully saturated rings. The van der Waals surface area contributed by atoms with E-state index in [4.69, 9.17) is 11.6 Å². The number of nitrogens with zero attached hydrogens (tertiary/aromatic N) is 2. The van der Waals surface area contributed by atoms with E-state index in [-0.39, 0.29) is 11.7 Å². The fraction of sp³-hybridized carbons (Fsp3) is 0.500. The van der Waals surface area contributed by atoms with Crippen LogP contribution in [0.15, 0.2) is 30.5 Å². The van der Waals surface area contributed by atoms with Crippen LogP contribution in [0.1, 0.15) is 68.0 Å². The monoisotopic (exact) mass is 395 g/mol. The topological polar surface area (TPSA) is 46.9 Å². The number of rotatable bonds is 5. The standard InChI is InChI=1S/C20H24ClF2N3O/c1-12(2)13-6-8-16(9-7-13)26-11-17(18(25-26)19(22)23)24-20(27)14-4-3-5-15(21)10-14/h3-5,10-13,16,19H,6-9H2,1-2H3,(H,24,27)/t13-,16-. The van der Waals surface area contributed by atoms with Crippen molar-refractivity contribution in [3.63, 3.8) is 0 Å². The summed E-state index contributed by atoms with van der Waals surface area (Å²) in [5.74, 6) is 0.823. The number of carbonyl (C=O) groups is 1. The first-order valence-electron chi connectivity index (χ1n) is 9.29. The summed E-state index contributed by atoms with van der Waals surface area (Å²) in [7, 11) is 0. The van der Waals surface area contributed by atoms with E-state index in [1.165, 1.54) is 12.3 Å². The molecule has 1 N–H and O–H groups in total. The summed E-state index contributed by atoms with van der Waals surface area (Å²) < 4.78 is 28.5. The molecule has 1 aromatic heterocycles. The first-order valence-corrected chi connectivity index (χ1v) is 9.67. The van der Waals surface area contributed by atoms with Crippen molar-refractivity contribution < 1.29 is 13.6 Å². The maximum Gasteiger partial charge on any atom is 0.284 e.